The van der Waals surface area contributed by atoms with Gasteiger partial charge in [0.05, 0.1) is 19.3 Å². The summed E-state index contributed by atoms with van der Waals surface area (Å²) in [6.45, 7) is 2.31. The number of methoxy groups -OCH3 is 1. The molecule has 0 atom stereocenters. The topological polar surface area (TPSA) is 62.6 Å². The quantitative estimate of drug-likeness (QED) is 0.672. The molecule has 1 fully saturated rings. The van der Waals surface area contributed by atoms with Crippen LogP contribution in [0.3, 0.4) is 0 Å². The molecule has 0 saturated carbocycles. The van der Waals surface area contributed by atoms with Gasteiger partial charge < -0.3 is 14.4 Å². The molecular weight excluding hydrogens is 252 g/mol. The molecular formula is C12H20N2O3S. The molecule has 0 aromatic rings. The van der Waals surface area contributed by atoms with E-state index in [4.69, 9.17) is 14.7 Å². The van der Waals surface area contributed by atoms with Crippen LogP contribution in [0, 0.1) is 11.3 Å². The van der Waals surface area contributed by atoms with E-state index in [1.165, 1.54) is 0 Å². The van der Waals surface area contributed by atoms with E-state index in [-0.39, 0.29) is 17.3 Å². The van der Waals surface area contributed by atoms with Crippen LogP contribution in [-0.2, 0) is 14.3 Å². The lowest BCUT2D eigenvalue weighted by Crippen LogP contribution is -2.45. The second-order valence-electron chi connectivity index (χ2n) is 4.24. The van der Waals surface area contributed by atoms with Gasteiger partial charge in [-0.3, -0.25) is 4.79 Å². The van der Waals surface area contributed by atoms with E-state index in [2.05, 4.69) is 6.07 Å². The summed E-state index contributed by atoms with van der Waals surface area (Å²) in [5.41, 5.74) is 0. The van der Waals surface area contributed by atoms with Gasteiger partial charge in [0.2, 0.25) is 5.91 Å². The average molecular weight is 272 g/mol. The Labute approximate surface area is 112 Å². The minimum absolute atomic E-state index is 0.00116. The lowest BCUT2D eigenvalue weighted by Gasteiger charge is -2.36. The Bertz CT molecular complexity index is 309. The van der Waals surface area contributed by atoms with Gasteiger partial charge in [0.25, 0.3) is 0 Å². The van der Waals surface area contributed by atoms with E-state index < -0.39 is 0 Å². The van der Waals surface area contributed by atoms with Crippen molar-refractivity contribution < 1.29 is 14.3 Å². The third kappa shape index (κ3) is 4.16. The highest BCUT2D eigenvalue weighted by molar-refractivity contribution is 8.00. The van der Waals surface area contributed by atoms with Crippen molar-refractivity contribution >= 4 is 17.7 Å². The van der Waals surface area contributed by atoms with E-state index in [0.717, 1.165) is 12.8 Å². The molecule has 1 saturated heterocycles. The number of ether oxygens (including phenoxy) is 2. The predicted octanol–water partition coefficient (Wildman–Crippen LogP) is 0.897. The number of rotatable bonds is 6. The van der Waals surface area contributed by atoms with Crippen LogP contribution in [0.5, 0.6) is 0 Å². The van der Waals surface area contributed by atoms with Crippen molar-refractivity contribution in [1.82, 2.24) is 4.90 Å². The maximum absolute atomic E-state index is 11.8. The molecule has 0 bridgehead atoms. The minimum atomic E-state index is -0.312. The standard InChI is InChI=1S/C12H20N2O3S/c1-16-7-8-17-9-11(15)14-5-3-12(10-13,18-2)4-6-14/h3-9H2,1-2H3. The third-order valence-electron chi connectivity index (χ3n) is 3.18. The summed E-state index contributed by atoms with van der Waals surface area (Å²) >= 11 is 1.58. The Kier molecular flexibility index (Phi) is 6.47. The largest absolute Gasteiger partial charge is 0.382 e. The van der Waals surface area contributed by atoms with E-state index >= 15 is 0 Å². The van der Waals surface area contributed by atoms with Gasteiger partial charge in [-0.2, -0.15) is 5.26 Å². The number of amides is 1. The van der Waals surface area contributed by atoms with E-state index in [1.807, 2.05) is 6.26 Å². The zero-order valence-corrected chi connectivity index (χ0v) is 11.8. The number of nitriles is 1. The molecule has 0 unspecified atom stereocenters. The minimum Gasteiger partial charge on any atom is -0.382 e. The zero-order valence-electron chi connectivity index (χ0n) is 11.0. The summed E-state index contributed by atoms with van der Waals surface area (Å²) < 4.78 is 9.73. The van der Waals surface area contributed by atoms with Crippen molar-refractivity contribution in [3.63, 3.8) is 0 Å². The van der Waals surface area contributed by atoms with Gasteiger partial charge in [0.15, 0.2) is 0 Å². The maximum atomic E-state index is 11.8. The summed E-state index contributed by atoms with van der Waals surface area (Å²) in [4.78, 5) is 13.6. The Morgan fingerprint density at radius 2 is 2.11 bits per heavy atom. The Balaban J connectivity index is 2.30. The van der Waals surface area contributed by atoms with Crippen molar-refractivity contribution in [1.29, 1.82) is 5.26 Å². The average Bonchev–Trinajstić information content (AvgIpc) is 2.43. The summed E-state index contributed by atoms with van der Waals surface area (Å²) in [6.07, 6.45) is 3.41. The summed E-state index contributed by atoms with van der Waals surface area (Å²) in [6, 6.07) is 2.36. The fourth-order valence-electron chi connectivity index (χ4n) is 1.87. The van der Waals surface area contributed by atoms with E-state index in [9.17, 15) is 4.79 Å². The highest BCUT2D eigenvalue weighted by Crippen LogP contribution is 2.33. The molecule has 5 nitrogen and oxygen atoms in total. The highest BCUT2D eigenvalue weighted by Gasteiger charge is 2.35. The number of piperidine rings is 1. The lowest BCUT2D eigenvalue weighted by molar-refractivity contribution is -0.137. The van der Waals surface area contributed by atoms with Crippen LogP contribution in [0.2, 0.25) is 0 Å². The maximum Gasteiger partial charge on any atom is 0.248 e. The highest BCUT2D eigenvalue weighted by atomic mass is 32.2. The molecule has 0 aliphatic carbocycles. The predicted molar refractivity (Wildman–Crippen MR) is 70.4 cm³/mol. The van der Waals surface area contributed by atoms with Crippen LogP contribution in [-0.4, -0.2) is 61.8 Å². The summed E-state index contributed by atoms with van der Waals surface area (Å²) in [7, 11) is 1.60. The molecule has 6 heteroatoms. The fraction of sp³-hybridized carbons (Fsp3) is 0.833. The molecule has 18 heavy (non-hydrogen) atoms. The van der Waals surface area contributed by atoms with Crippen LogP contribution in [0.15, 0.2) is 0 Å². The molecule has 0 radical (unpaired) electrons. The van der Waals surface area contributed by atoms with Gasteiger partial charge in [-0.15, -0.1) is 11.8 Å². The SMILES string of the molecule is COCCOCC(=O)N1CCC(C#N)(SC)CC1. The number of carbonyl (C=O) groups excluding carboxylic acids is 1. The molecule has 0 N–H and O–H groups in total. The molecule has 1 aliphatic rings. The molecule has 1 amide bonds. The van der Waals surface area contributed by atoms with Crippen molar-refractivity contribution in [2.45, 2.75) is 17.6 Å². The smallest absolute Gasteiger partial charge is 0.248 e. The van der Waals surface area contributed by atoms with Crippen molar-refractivity contribution in [3.05, 3.63) is 0 Å². The fourth-order valence-corrected chi connectivity index (χ4v) is 2.55. The van der Waals surface area contributed by atoms with Crippen molar-refractivity contribution in [3.8, 4) is 6.07 Å². The van der Waals surface area contributed by atoms with E-state index in [1.54, 1.807) is 23.8 Å². The molecule has 1 heterocycles. The van der Waals surface area contributed by atoms with Crippen LogP contribution in [0.4, 0.5) is 0 Å². The second kappa shape index (κ2) is 7.62. The van der Waals surface area contributed by atoms with Gasteiger partial charge in [0, 0.05) is 20.2 Å². The number of hydrogen-bond acceptors (Lipinski definition) is 5. The first-order chi connectivity index (χ1) is 8.67. The Morgan fingerprint density at radius 1 is 1.44 bits per heavy atom. The number of likely N-dealkylation sites (tertiary alicyclic amines) is 1. The monoisotopic (exact) mass is 272 g/mol. The molecule has 0 aromatic heterocycles. The normalized spacial score (nSPS) is 18.4. The third-order valence-corrected chi connectivity index (χ3v) is 4.46. The van der Waals surface area contributed by atoms with Gasteiger partial charge in [-0.1, -0.05) is 0 Å². The number of thioether (sulfide) groups is 1. The first kappa shape index (κ1) is 15.3. The molecule has 102 valence electrons. The zero-order chi connectivity index (χ0) is 13.4. The van der Waals surface area contributed by atoms with Gasteiger partial charge in [-0.25, -0.2) is 0 Å². The lowest BCUT2D eigenvalue weighted by atomic mass is 9.97. The molecule has 1 aliphatic heterocycles. The Hall–Kier alpha value is -0.770. The molecule has 0 aromatic carbocycles. The number of carbonyl (C=O) groups is 1. The van der Waals surface area contributed by atoms with Gasteiger partial charge >= 0.3 is 0 Å². The van der Waals surface area contributed by atoms with Crippen LogP contribution in [0.25, 0.3) is 0 Å². The van der Waals surface area contributed by atoms with E-state index in [0.29, 0.717) is 26.3 Å². The van der Waals surface area contributed by atoms with Crippen molar-refractivity contribution in [2.75, 3.05) is 46.3 Å². The second-order valence-corrected chi connectivity index (χ2v) is 5.43. The first-order valence-electron chi connectivity index (χ1n) is 5.98. The van der Waals surface area contributed by atoms with Crippen molar-refractivity contribution in [2.24, 2.45) is 0 Å². The first-order valence-corrected chi connectivity index (χ1v) is 7.21. The van der Waals surface area contributed by atoms with Crippen LogP contribution in [0.1, 0.15) is 12.8 Å². The van der Waals surface area contributed by atoms with Crippen LogP contribution >= 0.6 is 11.8 Å². The molecule has 1 rings (SSSR count). The van der Waals surface area contributed by atoms with Crippen LogP contribution < -0.4 is 0 Å². The number of nitrogens with zero attached hydrogens (tertiary/aromatic N) is 2. The number of hydrogen-bond donors (Lipinski definition) is 0. The summed E-state index contributed by atoms with van der Waals surface area (Å²) in [5, 5.41) is 9.15. The van der Waals surface area contributed by atoms with Gasteiger partial charge in [-0.05, 0) is 19.1 Å². The Morgan fingerprint density at radius 3 is 2.61 bits per heavy atom. The van der Waals surface area contributed by atoms with Gasteiger partial charge in [0.1, 0.15) is 11.4 Å². The molecule has 0 spiro atoms. The summed E-state index contributed by atoms with van der Waals surface area (Å²) in [5.74, 6) is -0.00116.